The monoisotopic (exact) mass is 922 g/mol. The minimum atomic E-state index is -4.40. The van der Waals surface area contributed by atoms with Crippen LogP contribution in [0.5, 0.6) is 0 Å². The summed E-state index contributed by atoms with van der Waals surface area (Å²) < 4.78 is 70.1. The maximum atomic E-state index is 12.1. The van der Waals surface area contributed by atoms with Gasteiger partial charge in [0, 0.05) is 52.4 Å². The number of hydrogen-bond acceptors (Lipinski definition) is 8. The second kappa shape index (κ2) is 16.9. The Kier molecular flexibility index (Phi) is 11.5. The molecule has 11 nitrogen and oxygen atoms in total. The van der Waals surface area contributed by atoms with Gasteiger partial charge >= 0.3 is 0 Å². The van der Waals surface area contributed by atoms with Crippen LogP contribution in [-0.4, -0.2) is 72.7 Å². The minimum Gasteiger partial charge on any atom is -0.395 e. The lowest BCUT2D eigenvalue weighted by Gasteiger charge is -2.29. The Balaban J connectivity index is 1.20. The molecule has 0 aromatic heterocycles. The van der Waals surface area contributed by atoms with Gasteiger partial charge < -0.3 is 20.0 Å². The van der Waals surface area contributed by atoms with Crippen LogP contribution in [0.15, 0.2) is 178 Å². The van der Waals surface area contributed by atoms with Crippen LogP contribution in [0.4, 0.5) is 22.7 Å². The van der Waals surface area contributed by atoms with E-state index in [4.69, 9.17) is 0 Å². The van der Waals surface area contributed by atoms with Crippen LogP contribution in [0.1, 0.15) is 51.7 Å². The van der Waals surface area contributed by atoms with E-state index < -0.39 is 31.1 Å². The zero-order chi connectivity index (χ0) is 46.8. The molecule has 66 heavy (non-hydrogen) atoms. The second-order valence-electron chi connectivity index (χ2n) is 18.0. The molecule has 6 aromatic rings. The molecule has 3 aliphatic rings. The lowest BCUT2D eigenvalue weighted by atomic mass is 9.79. The van der Waals surface area contributed by atoms with Crippen molar-refractivity contribution in [3.8, 4) is 0 Å². The highest BCUT2D eigenvalue weighted by atomic mass is 32.2. The third-order valence-corrected chi connectivity index (χ3v) is 15.0. The fraction of sp³-hybridized carbons (Fsp3) is 0.226. The molecule has 6 aromatic carbocycles. The van der Waals surface area contributed by atoms with E-state index in [0.717, 1.165) is 85.7 Å². The van der Waals surface area contributed by atoms with E-state index in [0.29, 0.717) is 23.9 Å². The maximum absolute atomic E-state index is 12.1. The molecule has 4 N–H and O–H groups in total. The lowest BCUT2D eigenvalue weighted by Crippen LogP contribution is -2.28. The van der Waals surface area contributed by atoms with E-state index >= 15 is 0 Å². The summed E-state index contributed by atoms with van der Waals surface area (Å²) in [6.45, 7) is 9.05. The standard InChI is InChI=1S/C53H51N3O8S2/c1-52(2)47(54(29-31-57)45-25-17-37-33-41(65(59,60)61)21-23-43(37)49(45)52)27-19-35-15-16-36(51(35)56(39-11-7-5-8-12-39)40-13-9-6-10-14-40)20-28-48-53(3,4)50-44-24-22-42(66(62,63)64)34-38(44)18-26-46(50)55(48)30-32-58/h5-14,17-28,33-34,57-58H,15-16,29-32H2,1-4H3,(H-,59,60,61,62,63,64)/p+1. The van der Waals surface area contributed by atoms with Crippen molar-refractivity contribution >= 4 is 70.2 Å². The average molecular weight is 923 g/mol. The van der Waals surface area contributed by atoms with Crippen molar-refractivity contribution in [1.29, 1.82) is 0 Å². The first kappa shape index (κ1) is 45.0. The maximum Gasteiger partial charge on any atom is 0.294 e. The zero-order valence-corrected chi connectivity index (χ0v) is 38.8. The Bertz CT molecular complexity index is 3300. The molecule has 0 saturated heterocycles. The fourth-order valence-electron chi connectivity index (χ4n) is 10.4. The molecule has 0 fully saturated rings. The molecule has 338 valence electrons. The van der Waals surface area contributed by atoms with Gasteiger partial charge in [-0.05, 0) is 132 Å². The largest absolute Gasteiger partial charge is 0.395 e. The molecule has 0 spiro atoms. The normalized spacial score (nSPS) is 18.2. The van der Waals surface area contributed by atoms with Crippen LogP contribution in [-0.2, 0) is 31.1 Å². The van der Waals surface area contributed by atoms with E-state index in [-0.39, 0.29) is 23.0 Å². The summed E-state index contributed by atoms with van der Waals surface area (Å²) in [5, 5.41) is 23.9. The number of fused-ring (bicyclic) bond motifs is 6. The van der Waals surface area contributed by atoms with Crippen LogP contribution < -0.4 is 9.80 Å². The van der Waals surface area contributed by atoms with Gasteiger partial charge in [0.05, 0.1) is 27.5 Å². The highest BCUT2D eigenvalue weighted by Crippen LogP contribution is 2.52. The Morgan fingerprint density at radius 2 is 1.23 bits per heavy atom. The fourth-order valence-corrected chi connectivity index (χ4v) is 11.4. The first-order chi connectivity index (χ1) is 31.4. The number of hydrogen-bond donors (Lipinski definition) is 4. The highest BCUT2D eigenvalue weighted by molar-refractivity contribution is 7.86. The van der Waals surface area contributed by atoms with Gasteiger partial charge in [-0.3, -0.25) is 9.11 Å². The molecule has 2 heterocycles. The van der Waals surface area contributed by atoms with Crippen molar-refractivity contribution in [1.82, 2.24) is 0 Å². The molecule has 1 aliphatic carbocycles. The number of benzene rings is 6. The number of allylic oxidation sites excluding steroid dienone is 7. The quantitative estimate of drug-likeness (QED) is 0.0688. The van der Waals surface area contributed by atoms with Crippen LogP contribution >= 0.6 is 0 Å². The number of aliphatic hydroxyl groups excluding tert-OH is 2. The molecule has 9 rings (SSSR count). The zero-order valence-electron chi connectivity index (χ0n) is 37.2. The minimum absolute atomic E-state index is 0.0905. The van der Waals surface area contributed by atoms with E-state index in [2.05, 4.69) is 90.6 Å². The SMILES string of the molecule is CC1(C)C(/C=C/C2=C(N(c3ccccc3)c3ccccc3)C(=C/C=C3\N(CCO)c4ccc5cc(S(=O)(=O)O)ccc5c4C3(C)C)/CC2)=[N+](CCO)c2ccc3cc(S(=O)(=O)O)ccc3c21. The molecule has 0 unspecified atom stereocenters. The summed E-state index contributed by atoms with van der Waals surface area (Å²) in [5.41, 5.74) is 9.81. The molecule has 13 heteroatoms. The van der Waals surface area contributed by atoms with Gasteiger partial charge in [-0.15, -0.1) is 0 Å². The lowest BCUT2D eigenvalue weighted by molar-refractivity contribution is -0.440. The number of anilines is 3. The van der Waals surface area contributed by atoms with Crippen molar-refractivity contribution in [3.05, 3.63) is 179 Å². The van der Waals surface area contributed by atoms with Crippen LogP contribution in [0.3, 0.4) is 0 Å². The van der Waals surface area contributed by atoms with Gasteiger partial charge in [0.15, 0.2) is 12.3 Å². The van der Waals surface area contributed by atoms with Gasteiger partial charge in [-0.1, -0.05) is 80.6 Å². The molecule has 0 amide bonds. The first-order valence-corrected chi connectivity index (χ1v) is 24.8. The molecule has 2 aliphatic heterocycles. The van der Waals surface area contributed by atoms with Crippen LogP contribution in [0.25, 0.3) is 21.5 Å². The Morgan fingerprint density at radius 3 is 1.79 bits per heavy atom. The van der Waals surface area contributed by atoms with Crippen molar-refractivity contribution in [2.24, 2.45) is 0 Å². The number of β-amino-alcohol motifs (C(OH)–C–C–N with tert-alkyl or cyclic N) is 2. The van der Waals surface area contributed by atoms with Gasteiger partial charge in [0.2, 0.25) is 5.69 Å². The number of rotatable bonds is 12. The second-order valence-corrected chi connectivity index (χ2v) is 20.8. The van der Waals surface area contributed by atoms with Crippen molar-refractivity contribution in [2.45, 2.75) is 61.2 Å². The van der Waals surface area contributed by atoms with Gasteiger partial charge in [-0.2, -0.15) is 21.4 Å². The van der Waals surface area contributed by atoms with E-state index in [1.165, 1.54) is 24.3 Å². The van der Waals surface area contributed by atoms with Crippen molar-refractivity contribution in [2.75, 3.05) is 36.1 Å². The van der Waals surface area contributed by atoms with E-state index in [1.807, 2.05) is 60.7 Å². The predicted molar refractivity (Wildman–Crippen MR) is 261 cm³/mol. The third kappa shape index (κ3) is 7.78. The van der Waals surface area contributed by atoms with Gasteiger partial charge in [-0.25, -0.2) is 0 Å². The predicted octanol–water partition coefficient (Wildman–Crippen LogP) is 9.90. The summed E-state index contributed by atoms with van der Waals surface area (Å²) in [7, 11) is -8.80. The Morgan fingerprint density at radius 1 is 0.652 bits per heavy atom. The van der Waals surface area contributed by atoms with Gasteiger partial charge in [0.25, 0.3) is 20.2 Å². The number of nitrogens with zero attached hydrogens (tertiary/aromatic N) is 3. The smallest absolute Gasteiger partial charge is 0.294 e. The van der Waals surface area contributed by atoms with Crippen LogP contribution in [0, 0.1) is 0 Å². The van der Waals surface area contributed by atoms with Crippen LogP contribution in [0.2, 0.25) is 0 Å². The van der Waals surface area contributed by atoms with E-state index in [9.17, 15) is 36.2 Å². The third-order valence-electron chi connectivity index (χ3n) is 13.3. The molecular weight excluding hydrogens is 871 g/mol. The van der Waals surface area contributed by atoms with Gasteiger partial charge in [0.1, 0.15) is 6.61 Å². The number of aliphatic hydroxyl groups is 2. The Labute approximate surface area is 385 Å². The average Bonchev–Trinajstić information content (AvgIpc) is 3.85. The van der Waals surface area contributed by atoms with Crippen molar-refractivity contribution in [3.63, 3.8) is 0 Å². The highest BCUT2D eigenvalue weighted by Gasteiger charge is 2.46. The molecular formula is C53H52N3O8S2+. The topological polar surface area (TPSA) is 159 Å². The molecule has 0 bridgehead atoms. The summed E-state index contributed by atoms with van der Waals surface area (Å²) in [6, 6.07) is 37.4. The molecule has 0 radical (unpaired) electrons. The first-order valence-electron chi connectivity index (χ1n) is 21.9. The van der Waals surface area contributed by atoms with Crippen molar-refractivity contribution < 1.29 is 40.7 Å². The summed E-state index contributed by atoms with van der Waals surface area (Å²) in [4.78, 5) is 4.09. The summed E-state index contributed by atoms with van der Waals surface area (Å²) in [5.74, 6) is 0. The summed E-state index contributed by atoms with van der Waals surface area (Å²) in [6.07, 6.45) is 10.1. The molecule has 0 atom stereocenters. The molecule has 0 saturated carbocycles. The van der Waals surface area contributed by atoms with E-state index in [1.54, 1.807) is 12.1 Å². The summed E-state index contributed by atoms with van der Waals surface area (Å²) >= 11 is 0. The number of para-hydroxylation sites is 2. The Hall–Kier alpha value is -6.19.